The molecule has 3 rings (SSSR count). The summed E-state index contributed by atoms with van der Waals surface area (Å²) in [6.07, 6.45) is 10.8. The zero-order valence-corrected chi connectivity index (χ0v) is 10.6. The molecule has 0 unspecified atom stereocenters. The smallest absolute Gasteiger partial charge is 0.000243 e. The van der Waals surface area contributed by atoms with Gasteiger partial charge in [0, 0.05) is 0 Å². The lowest BCUT2D eigenvalue weighted by atomic mass is 9.62. The summed E-state index contributed by atoms with van der Waals surface area (Å²) in [6, 6.07) is 0. The van der Waals surface area contributed by atoms with Crippen LogP contribution in [0.3, 0.4) is 0 Å². The van der Waals surface area contributed by atoms with Crippen LogP contribution in [0.1, 0.15) is 53.4 Å². The molecule has 1 spiro atoms. The van der Waals surface area contributed by atoms with Crippen molar-refractivity contribution < 1.29 is 0 Å². The van der Waals surface area contributed by atoms with Crippen LogP contribution in [-0.2, 0) is 0 Å². The topological polar surface area (TPSA) is 0 Å². The standard InChI is InChI=1S/C15H24/c1-11-6-7-12-13(2,3)10-14(4)8-5-9-15(11,12)14/h5,9,11-12H,6-8,10H2,1-4H3/t11-,12-,14+,15+/m1/s1. The van der Waals surface area contributed by atoms with Crippen LogP contribution in [0.25, 0.3) is 0 Å². The second kappa shape index (κ2) is 2.52. The third kappa shape index (κ3) is 0.905. The van der Waals surface area contributed by atoms with Gasteiger partial charge in [-0.2, -0.15) is 0 Å². The molecule has 3 aliphatic carbocycles. The lowest BCUT2D eigenvalue weighted by Crippen LogP contribution is -2.36. The van der Waals surface area contributed by atoms with Crippen molar-refractivity contribution in [2.24, 2.45) is 28.1 Å². The molecule has 0 aromatic rings. The normalized spacial score (nSPS) is 55.7. The molecule has 3 aliphatic rings. The molecule has 2 fully saturated rings. The van der Waals surface area contributed by atoms with Gasteiger partial charge >= 0.3 is 0 Å². The van der Waals surface area contributed by atoms with Crippen LogP contribution in [0.15, 0.2) is 12.2 Å². The molecule has 0 nitrogen and oxygen atoms in total. The van der Waals surface area contributed by atoms with Crippen molar-refractivity contribution in [3.8, 4) is 0 Å². The molecule has 0 heterocycles. The van der Waals surface area contributed by atoms with E-state index in [9.17, 15) is 0 Å². The Morgan fingerprint density at radius 1 is 1.13 bits per heavy atom. The van der Waals surface area contributed by atoms with E-state index in [1.165, 1.54) is 25.7 Å². The second-order valence-electron chi connectivity index (χ2n) is 7.30. The van der Waals surface area contributed by atoms with Crippen molar-refractivity contribution in [2.45, 2.75) is 53.4 Å². The number of rotatable bonds is 0. The van der Waals surface area contributed by atoms with Crippen LogP contribution < -0.4 is 0 Å². The first-order valence-corrected chi connectivity index (χ1v) is 6.60. The Bertz CT molecular complexity index is 325. The van der Waals surface area contributed by atoms with Crippen molar-refractivity contribution in [1.82, 2.24) is 0 Å². The fourth-order valence-electron chi connectivity index (χ4n) is 5.82. The molecule has 15 heavy (non-hydrogen) atoms. The van der Waals surface area contributed by atoms with Crippen LogP contribution in [0.2, 0.25) is 0 Å². The van der Waals surface area contributed by atoms with Gasteiger partial charge in [0.25, 0.3) is 0 Å². The molecule has 0 saturated heterocycles. The molecular weight excluding hydrogens is 180 g/mol. The molecule has 0 aliphatic heterocycles. The molecular formula is C15H24. The van der Waals surface area contributed by atoms with Crippen LogP contribution in [0.4, 0.5) is 0 Å². The lowest BCUT2D eigenvalue weighted by Gasteiger charge is -2.41. The van der Waals surface area contributed by atoms with E-state index in [0.717, 1.165) is 11.8 Å². The summed E-state index contributed by atoms with van der Waals surface area (Å²) in [7, 11) is 0. The zero-order valence-electron chi connectivity index (χ0n) is 10.6. The first-order chi connectivity index (χ1) is 6.92. The Kier molecular flexibility index (Phi) is 1.67. The van der Waals surface area contributed by atoms with E-state index in [4.69, 9.17) is 0 Å². The number of allylic oxidation sites excluding steroid dienone is 2. The maximum Gasteiger partial charge on any atom is -0.000243 e. The SMILES string of the molecule is C[C@@H]1CC[C@@H]2C(C)(C)C[C@]3(C)CC=C[C@]123. The molecule has 84 valence electrons. The first kappa shape index (κ1) is 9.93. The van der Waals surface area contributed by atoms with Crippen molar-refractivity contribution in [1.29, 1.82) is 0 Å². The van der Waals surface area contributed by atoms with Gasteiger partial charge < -0.3 is 0 Å². The Balaban J connectivity index is 2.16. The van der Waals surface area contributed by atoms with Gasteiger partial charge in [-0.15, -0.1) is 0 Å². The molecule has 0 aromatic carbocycles. The van der Waals surface area contributed by atoms with Gasteiger partial charge in [-0.05, 0) is 53.8 Å². The minimum absolute atomic E-state index is 0.566. The summed E-state index contributed by atoms with van der Waals surface area (Å²) in [4.78, 5) is 0. The summed E-state index contributed by atoms with van der Waals surface area (Å²) in [6.45, 7) is 10.1. The fraction of sp³-hybridized carbons (Fsp3) is 0.867. The third-order valence-corrected chi connectivity index (χ3v) is 6.08. The van der Waals surface area contributed by atoms with Gasteiger partial charge in [-0.1, -0.05) is 39.8 Å². The summed E-state index contributed by atoms with van der Waals surface area (Å²) in [5.74, 6) is 1.86. The van der Waals surface area contributed by atoms with E-state index < -0.39 is 0 Å². The van der Waals surface area contributed by atoms with Crippen LogP contribution in [0.5, 0.6) is 0 Å². The van der Waals surface area contributed by atoms with Gasteiger partial charge in [-0.3, -0.25) is 0 Å². The summed E-state index contributed by atoms with van der Waals surface area (Å²) in [5.41, 5.74) is 1.72. The second-order valence-corrected chi connectivity index (χ2v) is 7.30. The average molecular weight is 204 g/mol. The van der Waals surface area contributed by atoms with E-state index in [1.807, 2.05) is 0 Å². The zero-order chi connectivity index (χ0) is 10.9. The van der Waals surface area contributed by atoms with Gasteiger partial charge in [0.15, 0.2) is 0 Å². The van der Waals surface area contributed by atoms with Gasteiger partial charge in [0.1, 0.15) is 0 Å². The molecule has 2 saturated carbocycles. The Morgan fingerprint density at radius 3 is 2.60 bits per heavy atom. The van der Waals surface area contributed by atoms with E-state index in [2.05, 4.69) is 39.8 Å². The van der Waals surface area contributed by atoms with Gasteiger partial charge in [0.2, 0.25) is 0 Å². The van der Waals surface area contributed by atoms with E-state index in [0.29, 0.717) is 16.2 Å². The largest absolute Gasteiger partial charge is 0.0874 e. The molecule has 0 amide bonds. The van der Waals surface area contributed by atoms with Crippen molar-refractivity contribution >= 4 is 0 Å². The van der Waals surface area contributed by atoms with Crippen LogP contribution in [0, 0.1) is 28.1 Å². The monoisotopic (exact) mass is 204 g/mol. The molecule has 0 N–H and O–H groups in total. The van der Waals surface area contributed by atoms with Crippen molar-refractivity contribution in [3.63, 3.8) is 0 Å². The predicted octanol–water partition coefficient (Wildman–Crippen LogP) is 4.42. The van der Waals surface area contributed by atoms with E-state index in [-0.39, 0.29) is 0 Å². The Morgan fingerprint density at radius 2 is 1.87 bits per heavy atom. The van der Waals surface area contributed by atoms with Gasteiger partial charge in [0.05, 0.1) is 0 Å². The first-order valence-electron chi connectivity index (χ1n) is 6.60. The van der Waals surface area contributed by atoms with E-state index >= 15 is 0 Å². The Labute approximate surface area is 94.1 Å². The molecule has 0 aromatic heterocycles. The highest BCUT2D eigenvalue weighted by molar-refractivity contribution is 5.28. The van der Waals surface area contributed by atoms with Crippen LogP contribution in [-0.4, -0.2) is 0 Å². The predicted molar refractivity (Wildman–Crippen MR) is 64.6 cm³/mol. The Hall–Kier alpha value is -0.260. The lowest BCUT2D eigenvalue weighted by molar-refractivity contribution is 0.0942. The average Bonchev–Trinajstić information content (AvgIpc) is 2.62. The van der Waals surface area contributed by atoms with E-state index in [1.54, 1.807) is 0 Å². The summed E-state index contributed by atoms with van der Waals surface area (Å²) in [5, 5.41) is 0. The summed E-state index contributed by atoms with van der Waals surface area (Å²) >= 11 is 0. The number of hydrogen-bond acceptors (Lipinski definition) is 0. The highest BCUT2D eigenvalue weighted by Gasteiger charge is 2.67. The highest BCUT2D eigenvalue weighted by atomic mass is 14.7. The minimum atomic E-state index is 0.566. The molecule has 0 radical (unpaired) electrons. The fourth-order valence-corrected chi connectivity index (χ4v) is 5.82. The number of hydrogen-bond donors (Lipinski definition) is 0. The minimum Gasteiger partial charge on any atom is -0.0874 e. The third-order valence-electron chi connectivity index (χ3n) is 6.08. The molecule has 0 heteroatoms. The molecule has 4 atom stereocenters. The molecule has 0 bridgehead atoms. The highest BCUT2D eigenvalue weighted by Crippen LogP contribution is 2.75. The van der Waals surface area contributed by atoms with Gasteiger partial charge in [-0.25, -0.2) is 0 Å². The maximum atomic E-state index is 2.62. The van der Waals surface area contributed by atoms with Crippen molar-refractivity contribution in [3.05, 3.63) is 12.2 Å². The summed E-state index contributed by atoms with van der Waals surface area (Å²) < 4.78 is 0. The van der Waals surface area contributed by atoms with Crippen molar-refractivity contribution in [2.75, 3.05) is 0 Å². The van der Waals surface area contributed by atoms with Crippen LogP contribution >= 0.6 is 0 Å². The maximum absolute atomic E-state index is 2.62. The quantitative estimate of drug-likeness (QED) is 0.513.